The predicted molar refractivity (Wildman–Crippen MR) is 59.6 cm³/mol. The van der Waals surface area contributed by atoms with Gasteiger partial charge in [0.05, 0.1) is 25.7 Å². The van der Waals surface area contributed by atoms with Gasteiger partial charge in [-0.15, -0.1) is 0 Å². The molecule has 1 saturated heterocycles. The van der Waals surface area contributed by atoms with Crippen molar-refractivity contribution in [2.45, 2.75) is 25.8 Å². The minimum atomic E-state index is 0.319. The number of hydrogen-bond acceptors (Lipinski definition) is 4. The molecule has 0 aromatic rings. The fraction of sp³-hybridized carbons (Fsp3) is 0.909. The standard InChI is InChI=1S/C11H21N3O/c1-11(3-4-12)13-5-2-6-14-7-9-15-10-8-14/h11,13H,2-3,5-10H2,1H3. The van der Waals surface area contributed by atoms with Crippen LogP contribution in [0, 0.1) is 11.3 Å². The van der Waals surface area contributed by atoms with Crippen molar-refractivity contribution in [3.8, 4) is 6.07 Å². The van der Waals surface area contributed by atoms with Crippen LogP contribution in [0.2, 0.25) is 0 Å². The van der Waals surface area contributed by atoms with Gasteiger partial charge in [0, 0.05) is 19.1 Å². The molecule has 0 aromatic heterocycles. The first-order valence-electron chi connectivity index (χ1n) is 5.73. The lowest BCUT2D eigenvalue weighted by Crippen LogP contribution is -2.38. The van der Waals surface area contributed by atoms with Gasteiger partial charge in [-0.25, -0.2) is 0 Å². The molecule has 1 rings (SSSR count). The van der Waals surface area contributed by atoms with Gasteiger partial charge in [0.1, 0.15) is 0 Å². The third kappa shape index (κ3) is 5.73. The lowest BCUT2D eigenvalue weighted by atomic mass is 10.2. The number of rotatable bonds is 6. The first kappa shape index (κ1) is 12.4. The molecule has 1 N–H and O–H groups in total. The molecule has 0 amide bonds. The fourth-order valence-corrected chi connectivity index (χ4v) is 1.68. The van der Waals surface area contributed by atoms with Crippen LogP contribution in [0.3, 0.4) is 0 Å². The summed E-state index contributed by atoms with van der Waals surface area (Å²) in [4.78, 5) is 2.43. The molecule has 1 atom stereocenters. The van der Waals surface area contributed by atoms with E-state index in [4.69, 9.17) is 10.00 Å². The van der Waals surface area contributed by atoms with E-state index >= 15 is 0 Å². The van der Waals surface area contributed by atoms with Gasteiger partial charge >= 0.3 is 0 Å². The molecule has 1 fully saturated rings. The van der Waals surface area contributed by atoms with Gasteiger partial charge in [0.15, 0.2) is 0 Å². The van der Waals surface area contributed by atoms with Crippen LogP contribution in [-0.4, -0.2) is 50.3 Å². The van der Waals surface area contributed by atoms with E-state index in [-0.39, 0.29) is 0 Å². The summed E-state index contributed by atoms with van der Waals surface area (Å²) in [6, 6.07) is 2.49. The van der Waals surface area contributed by atoms with Gasteiger partial charge in [0.2, 0.25) is 0 Å². The quantitative estimate of drug-likeness (QED) is 0.654. The molecular weight excluding hydrogens is 190 g/mol. The fourth-order valence-electron chi connectivity index (χ4n) is 1.68. The molecule has 0 aromatic carbocycles. The summed E-state index contributed by atoms with van der Waals surface area (Å²) in [6.45, 7) is 8.06. The molecule has 0 aliphatic carbocycles. The zero-order chi connectivity index (χ0) is 10.9. The number of nitriles is 1. The summed E-state index contributed by atoms with van der Waals surface area (Å²) < 4.78 is 5.28. The van der Waals surface area contributed by atoms with Gasteiger partial charge in [0.25, 0.3) is 0 Å². The van der Waals surface area contributed by atoms with E-state index in [1.807, 2.05) is 0 Å². The molecule has 0 spiro atoms. The first-order chi connectivity index (χ1) is 7.33. The minimum Gasteiger partial charge on any atom is -0.379 e. The van der Waals surface area contributed by atoms with Crippen LogP contribution in [0.25, 0.3) is 0 Å². The van der Waals surface area contributed by atoms with E-state index < -0.39 is 0 Å². The number of ether oxygens (including phenoxy) is 1. The summed E-state index contributed by atoms with van der Waals surface area (Å²) in [5.74, 6) is 0. The summed E-state index contributed by atoms with van der Waals surface area (Å²) in [7, 11) is 0. The zero-order valence-electron chi connectivity index (χ0n) is 9.54. The Labute approximate surface area is 92.2 Å². The maximum absolute atomic E-state index is 8.48. The third-order valence-electron chi connectivity index (χ3n) is 2.65. The highest BCUT2D eigenvalue weighted by Crippen LogP contribution is 1.97. The second-order valence-electron chi connectivity index (χ2n) is 4.02. The van der Waals surface area contributed by atoms with Crippen LogP contribution >= 0.6 is 0 Å². The minimum absolute atomic E-state index is 0.319. The van der Waals surface area contributed by atoms with Crippen LogP contribution in [-0.2, 0) is 4.74 Å². The zero-order valence-corrected chi connectivity index (χ0v) is 9.54. The van der Waals surface area contributed by atoms with Crippen LogP contribution in [0.4, 0.5) is 0 Å². The van der Waals surface area contributed by atoms with Gasteiger partial charge in [-0.05, 0) is 26.4 Å². The maximum atomic E-state index is 8.48. The van der Waals surface area contributed by atoms with Crippen LogP contribution < -0.4 is 5.32 Å². The largest absolute Gasteiger partial charge is 0.379 e. The molecule has 15 heavy (non-hydrogen) atoms. The Kier molecular flexibility index (Phi) is 6.33. The molecule has 86 valence electrons. The Morgan fingerprint density at radius 2 is 2.20 bits per heavy atom. The average Bonchev–Trinajstić information content (AvgIpc) is 2.26. The topological polar surface area (TPSA) is 48.3 Å². The van der Waals surface area contributed by atoms with Gasteiger partial charge in [-0.2, -0.15) is 5.26 Å². The Morgan fingerprint density at radius 3 is 2.87 bits per heavy atom. The van der Waals surface area contributed by atoms with Crippen LogP contribution in [0.1, 0.15) is 19.8 Å². The van der Waals surface area contributed by atoms with Crippen molar-refractivity contribution >= 4 is 0 Å². The predicted octanol–water partition coefficient (Wildman–Crippen LogP) is 0.600. The molecule has 4 heteroatoms. The summed E-state index contributed by atoms with van der Waals surface area (Å²) >= 11 is 0. The Bertz CT molecular complexity index is 196. The molecule has 1 aliphatic rings. The lowest BCUT2D eigenvalue weighted by molar-refractivity contribution is 0.0374. The number of nitrogens with one attached hydrogen (secondary N) is 1. The summed E-state index contributed by atoms with van der Waals surface area (Å²) in [6.07, 6.45) is 1.74. The maximum Gasteiger partial charge on any atom is 0.0638 e. The van der Waals surface area contributed by atoms with Crippen molar-refractivity contribution in [1.82, 2.24) is 10.2 Å². The van der Waals surface area contributed by atoms with Crippen LogP contribution in [0.5, 0.6) is 0 Å². The van der Waals surface area contributed by atoms with Crippen molar-refractivity contribution in [2.75, 3.05) is 39.4 Å². The van der Waals surface area contributed by atoms with E-state index in [1.54, 1.807) is 0 Å². The first-order valence-corrected chi connectivity index (χ1v) is 5.73. The van der Waals surface area contributed by atoms with E-state index in [9.17, 15) is 0 Å². The Balaban J connectivity index is 1.94. The second-order valence-corrected chi connectivity index (χ2v) is 4.02. The van der Waals surface area contributed by atoms with Gasteiger partial charge in [-0.1, -0.05) is 0 Å². The highest BCUT2D eigenvalue weighted by molar-refractivity contribution is 4.77. The lowest BCUT2D eigenvalue weighted by Gasteiger charge is -2.26. The molecule has 0 bridgehead atoms. The van der Waals surface area contributed by atoms with Crippen LogP contribution in [0.15, 0.2) is 0 Å². The molecule has 1 unspecified atom stereocenters. The van der Waals surface area contributed by atoms with E-state index in [2.05, 4.69) is 23.2 Å². The summed E-state index contributed by atoms with van der Waals surface area (Å²) in [5, 5.41) is 11.8. The molecule has 0 radical (unpaired) electrons. The molecule has 1 heterocycles. The molecule has 1 aliphatic heterocycles. The van der Waals surface area contributed by atoms with Gasteiger partial charge < -0.3 is 10.1 Å². The Morgan fingerprint density at radius 1 is 1.47 bits per heavy atom. The van der Waals surface area contributed by atoms with Crippen molar-refractivity contribution < 1.29 is 4.74 Å². The van der Waals surface area contributed by atoms with E-state index in [0.717, 1.165) is 45.8 Å². The third-order valence-corrected chi connectivity index (χ3v) is 2.65. The highest BCUT2D eigenvalue weighted by Gasteiger charge is 2.09. The molecular formula is C11H21N3O. The van der Waals surface area contributed by atoms with Crippen molar-refractivity contribution in [2.24, 2.45) is 0 Å². The van der Waals surface area contributed by atoms with Gasteiger partial charge in [-0.3, -0.25) is 4.90 Å². The normalized spacial score (nSPS) is 19.7. The number of morpholine rings is 1. The second kappa shape index (κ2) is 7.63. The Hall–Kier alpha value is -0.630. The number of hydrogen-bond donors (Lipinski definition) is 1. The number of nitrogens with zero attached hydrogens (tertiary/aromatic N) is 2. The monoisotopic (exact) mass is 211 g/mol. The SMILES string of the molecule is CC(CC#N)NCCCN1CCOCC1. The van der Waals surface area contributed by atoms with Crippen molar-refractivity contribution in [1.29, 1.82) is 5.26 Å². The molecule has 0 saturated carbocycles. The smallest absolute Gasteiger partial charge is 0.0638 e. The van der Waals surface area contributed by atoms with Crippen molar-refractivity contribution in [3.05, 3.63) is 0 Å². The average molecular weight is 211 g/mol. The van der Waals surface area contributed by atoms with E-state index in [0.29, 0.717) is 12.5 Å². The molecule has 4 nitrogen and oxygen atoms in total. The van der Waals surface area contributed by atoms with Crippen molar-refractivity contribution in [3.63, 3.8) is 0 Å². The summed E-state index contributed by atoms with van der Waals surface area (Å²) in [5.41, 5.74) is 0. The highest BCUT2D eigenvalue weighted by atomic mass is 16.5. The van der Waals surface area contributed by atoms with E-state index in [1.165, 1.54) is 0 Å².